The quantitative estimate of drug-likeness (QED) is 0.580. The number of methoxy groups -OCH3 is 1. The van der Waals surface area contributed by atoms with E-state index in [0.29, 0.717) is 15.9 Å². The molecule has 0 atom stereocenters. The maximum Gasteiger partial charge on any atom is 0.139 e. The molecule has 0 radical (unpaired) electrons. The molecule has 3 nitrogen and oxygen atoms in total. The molecule has 0 aliphatic rings. The van der Waals surface area contributed by atoms with E-state index in [2.05, 4.69) is 20.9 Å². The van der Waals surface area contributed by atoms with Crippen LogP contribution in [0.25, 0.3) is 11.0 Å². The number of imidazole rings is 1. The van der Waals surface area contributed by atoms with Crippen molar-refractivity contribution in [2.75, 3.05) is 13.7 Å². The first-order chi connectivity index (χ1) is 9.17. The van der Waals surface area contributed by atoms with Gasteiger partial charge in [0, 0.05) is 26.3 Å². The molecule has 0 saturated heterocycles. The lowest BCUT2D eigenvalue weighted by molar-refractivity contribution is 0.191. The average Bonchev–Trinajstić information content (AvgIpc) is 2.73. The highest BCUT2D eigenvalue weighted by Crippen LogP contribution is 2.25. The summed E-state index contributed by atoms with van der Waals surface area (Å²) in [6.45, 7) is 1.54. The Morgan fingerprint density at radius 2 is 2.21 bits per heavy atom. The molecule has 1 aromatic heterocycles. The SMILES string of the molecule is COCCCCn1c(CCl)nc2cc(F)c(Br)cc21. The number of rotatable bonds is 6. The zero-order valence-corrected chi connectivity index (χ0v) is 13.0. The Bertz CT molecular complexity index is 573. The largest absolute Gasteiger partial charge is 0.385 e. The minimum atomic E-state index is -0.308. The number of nitrogens with zero attached hydrogens (tertiary/aromatic N) is 2. The molecular formula is C13H15BrClFN2O. The number of halogens is 3. The van der Waals surface area contributed by atoms with Gasteiger partial charge in [-0.2, -0.15) is 0 Å². The highest BCUT2D eigenvalue weighted by Gasteiger charge is 2.12. The number of hydrogen-bond acceptors (Lipinski definition) is 2. The van der Waals surface area contributed by atoms with E-state index in [0.717, 1.165) is 37.3 Å². The van der Waals surface area contributed by atoms with Crippen molar-refractivity contribution in [2.24, 2.45) is 0 Å². The fourth-order valence-corrected chi connectivity index (χ4v) is 2.57. The minimum Gasteiger partial charge on any atom is -0.385 e. The molecule has 104 valence electrons. The van der Waals surface area contributed by atoms with Gasteiger partial charge in [0.15, 0.2) is 0 Å². The van der Waals surface area contributed by atoms with Gasteiger partial charge in [-0.1, -0.05) is 0 Å². The second-order valence-electron chi connectivity index (χ2n) is 4.27. The molecule has 0 fully saturated rings. The Morgan fingerprint density at radius 1 is 1.42 bits per heavy atom. The van der Waals surface area contributed by atoms with Gasteiger partial charge in [0.25, 0.3) is 0 Å². The summed E-state index contributed by atoms with van der Waals surface area (Å²) in [5.41, 5.74) is 1.55. The molecule has 2 aromatic rings. The van der Waals surface area contributed by atoms with Crippen LogP contribution in [0.5, 0.6) is 0 Å². The molecule has 2 rings (SSSR count). The van der Waals surface area contributed by atoms with Gasteiger partial charge >= 0.3 is 0 Å². The minimum absolute atomic E-state index is 0.308. The fraction of sp³-hybridized carbons (Fsp3) is 0.462. The highest BCUT2D eigenvalue weighted by molar-refractivity contribution is 9.10. The summed E-state index contributed by atoms with van der Waals surface area (Å²) in [4.78, 5) is 4.37. The lowest BCUT2D eigenvalue weighted by Gasteiger charge is -2.07. The molecular weight excluding hydrogens is 335 g/mol. The molecule has 0 amide bonds. The van der Waals surface area contributed by atoms with Crippen LogP contribution in [-0.4, -0.2) is 23.3 Å². The normalized spacial score (nSPS) is 11.4. The van der Waals surface area contributed by atoms with E-state index in [9.17, 15) is 4.39 Å². The second kappa shape index (κ2) is 6.68. The maximum atomic E-state index is 13.5. The van der Waals surface area contributed by atoms with E-state index < -0.39 is 0 Å². The van der Waals surface area contributed by atoms with E-state index >= 15 is 0 Å². The van der Waals surface area contributed by atoms with Crippen molar-refractivity contribution < 1.29 is 9.13 Å². The van der Waals surface area contributed by atoms with Crippen LogP contribution in [0, 0.1) is 5.82 Å². The van der Waals surface area contributed by atoms with Crippen LogP contribution in [0.4, 0.5) is 4.39 Å². The Morgan fingerprint density at radius 3 is 2.89 bits per heavy atom. The number of aromatic nitrogens is 2. The number of fused-ring (bicyclic) bond motifs is 1. The second-order valence-corrected chi connectivity index (χ2v) is 5.39. The summed E-state index contributed by atoms with van der Waals surface area (Å²) in [6, 6.07) is 3.19. The standard InChI is InChI=1S/C13H15BrClFN2O/c1-19-5-3-2-4-18-12-6-9(14)10(16)7-11(12)17-13(18)8-15/h6-7H,2-5,8H2,1H3. The number of aryl methyl sites for hydroxylation is 1. The van der Waals surface area contributed by atoms with Crippen LogP contribution < -0.4 is 0 Å². The molecule has 0 unspecified atom stereocenters. The van der Waals surface area contributed by atoms with Gasteiger partial charge < -0.3 is 9.30 Å². The summed E-state index contributed by atoms with van der Waals surface area (Å²) in [6.07, 6.45) is 1.94. The van der Waals surface area contributed by atoms with Crippen molar-refractivity contribution in [1.82, 2.24) is 9.55 Å². The van der Waals surface area contributed by atoms with Crippen LogP contribution in [0.2, 0.25) is 0 Å². The molecule has 1 aromatic carbocycles. The van der Waals surface area contributed by atoms with E-state index in [-0.39, 0.29) is 5.82 Å². The first kappa shape index (κ1) is 14.8. The van der Waals surface area contributed by atoms with E-state index in [4.69, 9.17) is 16.3 Å². The lowest BCUT2D eigenvalue weighted by atomic mass is 10.3. The molecule has 1 heterocycles. The summed E-state index contributed by atoms with van der Waals surface area (Å²) in [5.74, 6) is 0.780. The third kappa shape index (κ3) is 3.27. The van der Waals surface area contributed by atoms with Gasteiger partial charge in [0.2, 0.25) is 0 Å². The fourth-order valence-electron chi connectivity index (χ4n) is 2.04. The lowest BCUT2D eigenvalue weighted by Crippen LogP contribution is -2.03. The molecule has 0 N–H and O–H groups in total. The van der Waals surface area contributed by atoms with Crippen LogP contribution in [-0.2, 0) is 17.2 Å². The summed E-state index contributed by atoms with van der Waals surface area (Å²) in [7, 11) is 1.69. The number of benzene rings is 1. The van der Waals surface area contributed by atoms with Crippen LogP contribution >= 0.6 is 27.5 Å². The van der Waals surface area contributed by atoms with Crippen molar-refractivity contribution >= 4 is 38.6 Å². The summed E-state index contributed by atoms with van der Waals surface area (Å²) >= 11 is 9.12. The van der Waals surface area contributed by atoms with Crippen LogP contribution in [0.1, 0.15) is 18.7 Å². The van der Waals surface area contributed by atoms with Gasteiger partial charge in [0.1, 0.15) is 11.6 Å². The third-order valence-electron chi connectivity index (χ3n) is 2.97. The Kier molecular flexibility index (Phi) is 5.19. The molecule has 0 saturated carbocycles. The van der Waals surface area contributed by atoms with Crippen LogP contribution in [0.3, 0.4) is 0 Å². The van der Waals surface area contributed by atoms with Crippen molar-refractivity contribution in [3.63, 3.8) is 0 Å². The number of unbranched alkanes of at least 4 members (excludes halogenated alkanes) is 1. The van der Waals surface area contributed by atoms with E-state index in [1.54, 1.807) is 13.2 Å². The maximum absolute atomic E-state index is 13.5. The predicted octanol–water partition coefficient (Wildman–Crippen LogP) is 4.10. The van der Waals surface area contributed by atoms with Crippen molar-refractivity contribution in [3.8, 4) is 0 Å². The molecule has 19 heavy (non-hydrogen) atoms. The molecule has 0 aliphatic carbocycles. The number of ether oxygens (including phenoxy) is 1. The van der Waals surface area contributed by atoms with Gasteiger partial charge in [0.05, 0.1) is 21.4 Å². The zero-order chi connectivity index (χ0) is 13.8. The molecule has 0 spiro atoms. The summed E-state index contributed by atoms with van der Waals surface area (Å²) in [5, 5.41) is 0. The van der Waals surface area contributed by atoms with Gasteiger partial charge in [-0.05, 0) is 34.8 Å². The van der Waals surface area contributed by atoms with E-state index in [1.807, 2.05) is 4.57 Å². The molecule has 0 aliphatic heterocycles. The Hall–Kier alpha value is -0.650. The first-order valence-corrected chi connectivity index (χ1v) is 7.39. The molecule has 0 bridgehead atoms. The van der Waals surface area contributed by atoms with E-state index in [1.165, 1.54) is 6.07 Å². The smallest absolute Gasteiger partial charge is 0.139 e. The van der Waals surface area contributed by atoms with Gasteiger partial charge in [-0.25, -0.2) is 9.37 Å². The highest BCUT2D eigenvalue weighted by atomic mass is 79.9. The van der Waals surface area contributed by atoms with Gasteiger partial charge in [-0.3, -0.25) is 0 Å². The predicted molar refractivity (Wildman–Crippen MR) is 78.1 cm³/mol. The topological polar surface area (TPSA) is 27.1 Å². The number of alkyl halides is 1. The third-order valence-corrected chi connectivity index (χ3v) is 3.82. The number of hydrogen-bond donors (Lipinski definition) is 0. The van der Waals surface area contributed by atoms with Crippen LogP contribution in [0.15, 0.2) is 16.6 Å². The van der Waals surface area contributed by atoms with Gasteiger partial charge in [-0.15, -0.1) is 11.6 Å². The van der Waals surface area contributed by atoms with Crippen molar-refractivity contribution in [2.45, 2.75) is 25.3 Å². The monoisotopic (exact) mass is 348 g/mol. The van der Waals surface area contributed by atoms with Crippen molar-refractivity contribution in [3.05, 3.63) is 28.2 Å². The van der Waals surface area contributed by atoms with Crippen molar-refractivity contribution in [1.29, 1.82) is 0 Å². The Balaban J connectivity index is 2.31. The zero-order valence-electron chi connectivity index (χ0n) is 10.6. The average molecular weight is 350 g/mol. The Labute approximate surface area is 124 Å². The molecule has 6 heteroatoms. The summed E-state index contributed by atoms with van der Waals surface area (Å²) < 4.78 is 21.0. The first-order valence-electron chi connectivity index (χ1n) is 6.06.